The van der Waals surface area contributed by atoms with Crippen LogP contribution in [0.1, 0.15) is 30.6 Å². The summed E-state index contributed by atoms with van der Waals surface area (Å²) in [5.74, 6) is 0.110. The topological polar surface area (TPSA) is 90.7 Å². The highest BCUT2D eigenvalue weighted by Crippen LogP contribution is 2.27. The third-order valence-electron chi connectivity index (χ3n) is 2.62. The smallest absolute Gasteiger partial charge is 0.337 e. The summed E-state index contributed by atoms with van der Waals surface area (Å²) in [6.45, 7) is 4.77. The van der Waals surface area contributed by atoms with Crippen LogP contribution in [0.15, 0.2) is 18.2 Å². The Kier molecular flexibility index (Phi) is 6.68. The van der Waals surface area contributed by atoms with Gasteiger partial charge < -0.3 is 20.5 Å². The van der Waals surface area contributed by atoms with E-state index in [1.54, 1.807) is 18.2 Å². The molecule has 0 radical (unpaired) electrons. The minimum atomic E-state index is -0.454. The van der Waals surface area contributed by atoms with Gasteiger partial charge in [0.15, 0.2) is 0 Å². The lowest BCUT2D eigenvalue weighted by atomic mass is 10.1. The maximum Gasteiger partial charge on any atom is 0.337 e. The number of carbonyl (C=O) groups excluding carboxylic acids is 2. The Hall–Kier alpha value is -2.08. The molecule has 0 aliphatic rings. The molecular weight excluding hydrogens is 272 g/mol. The van der Waals surface area contributed by atoms with Gasteiger partial charge in [-0.05, 0) is 24.1 Å². The molecule has 0 saturated carbocycles. The Morgan fingerprint density at radius 2 is 2.05 bits per heavy atom. The molecule has 0 aromatic heterocycles. The van der Waals surface area contributed by atoms with Crippen LogP contribution in [0.5, 0.6) is 5.75 Å². The number of nitrogens with one attached hydrogen (secondary N) is 1. The van der Waals surface area contributed by atoms with Gasteiger partial charge in [0.25, 0.3) is 0 Å². The molecule has 6 heteroatoms. The Balaban J connectivity index is 2.98. The molecule has 0 bridgehead atoms. The number of benzene rings is 1. The van der Waals surface area contributed by atoms with Crippen LogP contribution in [0, 0.1) is 5.92 Å². The van der Waals surface area contributed by atoms with Crippen molar-refractivity contribution in [2.24, 2.45) is 11.7 Å². The zero-order valence-corrected chi connectivity index (χ0v) is 12.6. The number of anilines is 1. The molecule has 1 aromatic carbocycles. The van der Waals surface area contributed by atoms with E-state index in [0.29, 0.717) is 29.5 Å². The van der Waals surface area contributed by atoms with Crippen LogP contribution in [0.2, 0.25) is 0 Å². The van der Waals surface area contributed by atoms with Crippen molar-refractivity contribution in [3.63, 3.8) is 0 Å². The number of carbonyl (C=O) groups is 2. The summed E-state index contributed by atoms with van der Waals surface area (Å²) < 4.78 is 10.3. The maximum absolute atomic E-state index is 11.6. The first kappa shape index (κ1) is 17.0. The number of ether oxygens (including phenoxy) is 2. The van der Waals surface area contributed by atoms with Crippen molar-refractivity contribution in [2.75, 3.05) is 25.6 Å². The van der Waals surface area contributed by atoms with Crippen molar-refractivity contribution in [3.8, 4) is 5.75 Å². The van der Waals surface area contributed by atoms with E-state index in [-0.39, 0.29) is 18.9 Å². The van der Waals surface area contributed by atoms with E-state index in [2.05, 4.69) is 10.1 Å². The van der Waals surface area contributed by atoms with Crippen molar-refractivity contribution in [1.82, 2.24) is 0 Å². The number of methoxy groups -OCH3 is 1. The van der Waals surface area contributed by atoms with Gasteiger partial charge in [-0.25, -0.2) is 4.79 Å². The molecule has 0 spiro atoms. The number of amides is 1. The average Bonchev–Trinajstić information content (AvgIpc) is 2.45. The SMILES string of the molecule is COC(=O)c1ccc(NC(=O)CCN)c(OCC(C)C)c1. The van der Waals surface area contributed by atoms with E-state index in [0.717, 1.165) is 0 Å². The Morgan fingerprint density at radius 1 is 1.33 bits per heavy atom. The Morgan fingerprint density at radius 3 is 2.62 bits per heavy atom. The third kappa shape index (κ3) is 5.43. The molecular formula is C15H22N2O4. The normalized spacial score (nSPS) is 10.3. The highest BCUT2D eigenvalue weighted by molar-refractivity contribution is 5.95. The van der Waals surface area contributed by atoms with Crippen LogP contribution in [-0.4, -0.2) is 32.1 Å². The van der Waals surface area contributed by atoms with Crippen LogP contribution in [-0.2, 0) is 9.53 Å². The Bertz CT molecular complexity index is 500. The highest BCUT2D eigenvalue weighted by Gasteiger charge is 2.13. The van der Waals surface area contributed by atoms with E-state index in [1.807, 2.05) is 13.8 Å². The number of rotatable bonds is 7. The van der Waals surface area contributed by atoms with Gasteiger partial charge in [-0.15, -0.1) is 0 Å². The lowest BCUT2D eigenvalue weighted by molar-refractivity contribution is -0.116. The Labute approximate surface area is 124 Å². The minimum Gasteiger partial charge on any atom is -0.491 e. The minimum absolute atomic E-state index is 0.197. The maximum atomic E-state index is 11.6. The van der Waals surface area contributed by atoms with E-state index < -0.39 is 5.97 Å². The second kappa shape index (κ2) is 8.26. The van der Waals surface area contributed by atoms with Gasteiger partial charge in [-0.3, -0.25) is 4.79 Å². The summed E-state index contributed by atoms with van der Waals surface area (Å²) in [5.41, 5.74) is 6.23. The predicted molar refractivity (Wildman–Crippen MR) is 80.4 cm³/mol. The first-order valence-electron chi connectivity index (χ1n) is 6.83. The number of esters is 1. The molecule has 3 N–H and O–H groups in total. The monoisotopic (exact) mass is 294 g/mol. The zero-order chi connectivity index (χ0) is 15.8. The highest BCUT2D eigenvalue weighted by atomic mass is 16.5. The van der Waals surface area contributed by atoms with Crippen LogP contribution < -0.4 is 15.8 Å². The number of hydrogen-bond donors (Lipinski definition) is 2. The van der Waals surface area contributed by atoms with Crippen molar-refractivity contribution in [2.45, 2.75) is 20.3 Å². The second-order valence-electron chi connectivity index (χ2n) is 4.99. The molecule has 1 amide bonds. The van der Waals surface area contributed by atoms with Gasteiger partial charge in [-0.1, -0.05) is 13.8 Å². The van der Waals surface area contributed by atoms with Crippen LogP contribution in [0.25, 0.3) is 0 Å². The van der Waals surface area contributed by atoms with E-state index in [1.165, 1.54) is 7.11 Å². The molecule has 6 nitrogen and oxygen atoms in total. The van der Waals surface area contributed by atoms with Crippen LogP contribution in [0.4, 0.5) is 5.69 Å². The van der Waals surface area contributed by atoms with E-state index in [9.17, 15) is 9.59 Å². The average molecular weight is 294 g/mol. The molecule has 21 heavy (non-hydrogen) atoms. The van der Waals surface area contributed by atoms with Crippen LogP contribution >= 0.6 is 0 Å². The molecule has 0 atom stereocenters. The molecule has 0 aliphatic carbocycles. The quantitative estimate of drug-likeness (QED) is 0.748. The molecule has 1 rings (SSSR count). The summed E-state index contributed by atoms with van der Waals surface area (Å²) in [4.78, 5) is 23.2. The standard InChI is InChI=1S/C15H22N2O4/c1-10(2)9-21-13-8-11(15(19)20-3)4-5-12(13)17-14(18)6-7-16/h4-5,8,10H,6-7,9,16H2,1-3H3,(H,17,18). The van der Waals surface area contributed by atoms with Gasteiger partial charge in [0.1, 0.15) is 5.75 Å². The van der Waals surface area contributed by atoms with Gasteiger partial charge in [0.05, 0.1) is 25.0 Å². The predicted octanol–water partition coefficient (Wildman–Crippen LogP) is 1.80. The second-order valence-corrected chi connectivity index (χ2v) is 4.99. The van der Waals surface area contributed by atoms with Crippen molar-refractivity contribution >= 4 is 17.6 Å². The van der Waals surface area contributed by atoms with Gasteiger partial charge >= 0.3 is 5.97 Å². The summed E-state index contributed by atoms with van der Waals surface area (Å²) in [5, 5.41) is 2.72. The summed E-state index contributed by atoms with van der Waals surface area (Å²) >= 11 is 0. The summed E-state index contributed by atoms with van der Waals surface area (Å²) in [6, 6.07) is 4.76. The molecule has 0 unspecified atom stereocenters. The molecule has 0 heterocycles. The van der Waals surface area contributed by atoms with Gasteiger partial charge in [0, 0.05) is 13.0 Å². The van der Waals surface area contributed by atoms with Crippen molar-refractivity contribution in [1.29, 1.82) is 0 Å². The van der Waals surface area contributed by atoms with Crippen molar-refractivity contribution in [3.05, 3.63) is 23.8 Å². The number of hydrogen-bond acceptors (Lipinski definition) is 5. The first-order valence-corrected chi connectivity index (χ1v) is 6.83. The number of nitrogens with two attached hydrogens (primary N) is 1. The summed E-state index contributed by atoms with van der Waals surface area (Å²) in [7, 11) is 1.31. The van der Waals surface area contributed by atoms with Crippen LogP contribution in [0.3, 0.4) is 0 Å². The van der Waals surface area contributed by atoms with Gasteiger partial charge in [-0.2, -0.15) is 0 Å². The molecule has 0 aliphatic heterocycles. The van der Waals surface area contributed by atoms with E-state index >= 15 is 0 Å². The largest absolute Gasteiger partial charge is 0.491 e. The lowest BCUT2D eigenvalue weighted by Crippen LogP contribution is -2.17. The molecule has 0 fully saturated rings. The van der Waals surface area contributed by atoms with Gasteiger partial charge in [0.2, 0.25) is 5.91 Å². The first-order chi connectivity index (χ1) is 9.97. The van der Waals surface area contributed by atoms with Crippen molar-refractivity contribution < 1.29 is 19.1 Å². The molecule has 116 valence electrons. The molecule has 1 aromatic rings. The fraction of sp³-hybridized carbons (Fsp3) is 0.467. The third-order valence-corrected chi connectivity index (χ3v) is 2.62. The fourth-order valence-corrected chi connectivity index (χ4v) is 1.59. The zero-order valence-electron chi connectivity index (χ0n) is 12.6. The fourth-order valence-electron chi connectivity index (χ4n) is 1.59. The molecule has 0 saturated heterocycles. The van der Waals surface area contributed by atoms with E-state index in [4.69, 9.17) is 10.5 Å². The summed E-state index contributed by atoms with van der Waals surface area (Å²) in [6.07, 6.45) is 0.225. The lowest BCUT2D eigenvalue weighted by Gasteiger charge is -2.15.